The lowest BCUT2D eigenvalue weighted by Gasteiger charge is -2.06. The molecule has 0 aliphatic rings. The van der Waals surface area contributed by atoms with Gasteiger partial charge in [-0.2, -0.15) is 0 Å². The highest BCUT2D eigenvalue weighted by Gasteiger charge is 2.07. The SMILES string of the molecule is CCNCCC(O)CC(=O)O. The van der Waals surface area contributed by atoms with Crippen LogP contribution in [-0.2, 0) is 4.79 Å². The number of carbonyl (C=O) groups is 1. The van der Waals surface area contributed by atoms with Crippen molar-refractivity contribution in [1.29, 1.82) is 0 Å². The Kier molecular flexibility index (Phi) is 5.78. The number of aliphatic hydroxyl groups is 1. The van der Waals surface area contributed by atoms with Crippen molar-refractivity contribution in [3.05, 3.63) is 0 Å². The molecular weight excluding hydrogens is 146 g/mol. The van der Waals surface area contributed by atoms with Crippen molar-refractivity contribution in [2.24, 2.45) is 0 Å². The van der Waals surface area contributed by atoms with Gasteiger partial charge in [0, 0.05) is 0 Å². The predicted molar refractivity (Wildman–Crippen MR) is 41.4 cm³/mol. The van der Waals surface area contributed by atoms with Crippen LogP contribution in [0.15, 0.2) is 0 Å². The molecule has 0 fully saturated rings. The standard InChI is InChI=1S/C7H15NO3/c1-2-8-4-3-6(9)5-7(10)11/h6,8-9H,2-5H2,1H3,(H,10,11). The minimum Gasteiger partial charge on any atom is -0.481 e. The van der Waals surface area contributed by atoms with Crippen molar-refractivity contribution in [3.63, 3.8) is 0 Å². The average molecular weight is 161 g/mol. The van der Waals surface area contributed by atoms with Gasteiger partial charge in [-0.15, -0.1) is 0 Å². The van der Waals surface area contributed by atoms with E-state index in [2.05, 4.69) is 5.32 Å². The molecule has 1 atom stereocenters. The molecule has 0 radical (unpaired) electrons. The molecule has 0 bridgehead atoms. The van der Waals surface area contributed by atoms with Crippen molar-refractivity contribution in [2.45, 2.75) is 25.9 Å². The zero-order chi connectivity index (χ0) is 8.69. The smallest absolute Gasteiger partial charge is 0.305 e. The van der Waals surface area contributed by atoms with Gasteiger partial charge < -0.3 is 15.5 Å². The number of carboxylic acids is 1. The molecule has 0 saturated carbocycles. The molecule has 0 spiro atoms. The maximum absolute atomic E-state index is 10.1. The number of nitrogens with one attached hydrogen (secondary N) is 1. The van der Waals surface area contributed by atoms with E-state index in [0.29, 0.717) is 13.0 Å². The lowest BCUT2D eigenvalue weighted by molar-refractivity contribution is -0.139. The molecular formula is C7H15NO3. The van der Waals surface area contributed by atoms with Gasteiger partial charge in [0.05, 0.1) is 12.5 Å². The van der Waals surface area contributed by atoms with Crippen LogP contribution in [0, 0.1) is 0 Å². The largest absolute Gasteiger partial charge is 0.481 e. The topological polar surface area (TPSA) is 69.6 Å². The van der Waals surface area contributed by atoms with Crippen molar-refractivity contribution in [3.8, 4) is 0 Å². The number of carboxylic acid groups (broad SMARTS) is 1. The second kappa shape index (κ2) is 6.12. The van der Waals surface area contributed by atoms with Crippen molar-refractivity contribution < 1.29 is 15.0 Å². The number of hydrogen-bond donors (Lipinski definition) is 3. The Morgan fingerprint density at radius 3 is 2.73 bits per heavy atom. The first-order valence-electron chi connectivity index (χ1n) is 3.77. The molecule has 0 aromatic carbocycles. The predicted octanol–water partition coefficient (Wildman–Crippen LogP) is -0.178. The highest BCUT2D eigenvalue weighted by molar-refractivity contribution is 5.67. The quantitative estimate of drug-likeness (QED) is 0.473. The molecule has 0 aliphatic heterocycles. The molecule has 3 N–H and O–H groups in total. The minimum atomic E-state index is -0.950. The molecule has 0 aliphatic carbocycles. The van der Waals surface area contributed by atoms with Crippen LogP contribution >= 0.6 is 0 Å². The van der Waals surface area contributed by atoms with Crippen molar-refractivity contribution >= 4 is 5.97 Å². The van der Waals surface area contributed by atoms with Gasteiger partial charge in [-0.1, -0.05) is 6.92 Å². The summed E-state index contributed by atoms with van der Waals surface area (Å²) < 4.78 is 0. The maximum Gasteiger partial charge on any atom is 0.305 e. The van der Waals surface area contributed by atoms with Crippen LogP contribution in [0.5, 0.6) is 0 Å². The fourth-order valence-corrected chi connectivity index (χ4v) is 0.749. The summed E-state index contributed by atoms with van der Waals surface area (Å²) in [4.78, 5) is 10.1. The Morgan fingerprint density at radius 2 is 2.27 bits per heavy atom. The second-order valence-corrected chi connectivity index (χ2v) is 2.39. The van der Waals surface area contributed by atoms with Crippen molar-refractivity contribution in [1.82, 2.24) is 5.32 Å². The highest BCUT2D eigenvalue weighted by Crippen LogP contribution is 1.95. The normalized spacial score (nSPS) is 12.9. The van der Waals surface area contributed by atoms with Crippen LogP contribution in [0.1, 0.15) is 19.8 Å². The van der Waals surface area contributed by atoms with E-state index in [4.69, 9.17) is 10.2 Å². The first kappa shape index (κ1) is 10.4. The van der Waals surface area contributed by atoms with Gasteiger partial charge in [0.2, 0.25) is 0 Å². The average Bonchev–Trinajstić information content (AvgIpc) is 1.86. The third-order valence-corrected chi connectivity index (χ3v) is 1.31. The summed E-state index contributed by atoms with van der Waals surface area (Å²) in [6.07, 6.45) is -0.377. The highest BCUT2D eigenvalue weighted by atomic mass is 16.4. The van der Waals surface area contributed by atoms with Crippen LogP contribution in [0.4, 0.5) is 0 Å². The first-order valence-corrected chi connectivity index (χ1v) is 3.77. The lowest BCUT2D eigenvalue weighted by atomic mass is 10.2. The molecule has 0 saturated heterocycles. The summed E-state index contributed by atoms with van der Waals surface area (Å²) in [6, 6.07) is 0. The third kappa shape index (κ3) is 7.29. The van der Waals surface area contributed by atoms with E-state index in [0.717, 1.165) is 6.54 Å². The van der Waals surface area contributed by atoms with Gasteiger partial charge in [-0.05, 0) is 19.5 Å². The lowest BCUT2D eigenvalue weighted by Crippen LogP contribution is -2.21. The maximum atomic E-state index is 10.1. The fraction of sp³-hybridized carbons (Fsp3) is 0.857. The first-order chi connectivity index (χ1) is 5.16. The Labute approximate surface area is 66.2 Å². The molecule has 0 rings (SSSR count). The molecule has 4 heteroatoms. The minimum absolute atomic E-state index is 0.161. The van der Waals surface area contributed by atoms with Gasteiger partial charge in [-0.3, -0.25) is 4.79 Å². The summed E-state index contributed by atoms with van der Waals surface area (Å²) in [5.41, 5.74) is 0. The van der Waals surface area contributed by atoms with Gasteiger partial charge in [0.25, 0.3) is 0 Å². The molecule has 0 amide bonds. The Balaban J connectivity index is 3.22. The molecule has 11 heavy (non-hydrogen) atoms. The molecule has 1 unspecified atom stereocenters. The van der Waals surface area contributed by atoms with Gasteiger partial charge in [-0.25, -0.2) is 0 Å². The Morgan fingerprint density at radius 1 is 1.64 bits per heavy atom. The van der Waals surface area contributed by atoms with Gasteiger partial charge >= 0.3 is 5.97 Å². The number of rotatable bonds is 6. The summed E-state index contributed by atoms with van der Waals surface area (Å²) in [6.45, 7) is 3.48. The van der Waals surface area contributed by atoms with E-state index in [1.807, 2.05) is 6.92 Å². The summed E-state index contributed by atoms with van der Waals surface area (Å²) in [5.74, 6) is -0.950. The van der Waals surface area contributed by atoms with E-state index in [9.17, 15) is 4.79 Å². The van der Waals surface area contributed by atoms with E-state index in [-0.39, 0.29) is 6.42 Å². The summed E-state index contributed by atoms with van der Waals surface area (Å²) in [5, 5.41) is 20.3. The van der Waals surface area contributed by atoms with Crippen LogP contribution in [0.25, 0.3) is 0 Å². The zero-order valence-electron chi connectivity index (χ0n) is 6.71. The van der Waals surface area contributed by atoms with Gasteiger partial charge in [0.15, 0.2) is 0 Å². The van der Waals surface area contributed by atoms with Crippen LogP contribution in [0.3, 0.4) is 0 Å². The van der Waals surface area contributed by atoms with Crippen molar-refractivity contribution in [2.75, 3.05) is 13.1 Å². The molecule has 0 aromatic heterocycles. The van der Waals surface area contributed by atoms with E-state index in [1.54, 1.807) is 0 Å². The Hall–Kier alpha value is -0.610. The molecule has 4 nitrogen and oxygen atoms in total. The molecule has 0 aromatic rings. The van der Waals surface area contributed by atoms with Crippen LogP contribution in [0.2, 0.25) is 0 Å². The molecule has 0 heterocycles. The van der Waals surface area contributed by atoms with Gasteiger partial charge in [0.1, 0.15) is 0 Å². The molecule has 66 valence electrons. The monoisotopic (exact) mass is 161 g/mol. The van der Waals surface area contributed by atoms with Crippen LogP contribution in [-0.4, -0.2) is 35.4 Å². The zero-order valence-corrected chi connectivity index (χ0v) is 6.71. The number of hydrogen-bond acceptors (Lipinski definition) is 3. The van der Waals surface area contributed by atoms with E-state index >= 15 is 0 Å². The number of aliphatic hydroxyl groups excluding tert-OH is 1. The van der Waals surface area contributed by atoms with Crippen LogP contribution < -0.4 is 5.32 Å². The Bertz CT molecular complexity index is 116. The van der Waals surface area contributed by atoms with E-state index < -0.39 is 12.1 Å². The van der Waals surface area contributed by atoms with E-state index in [1.165, 1.54) is 0 Å². The number of aliphatic carboxylic acids is 1. The fourth-order valence-electron chi connectivity index (χ4n) is 0.749. The third-order valence-electron chi connectivity index (χ3n) is 1.31. The summed E-state index contributed by atoms with van der Waals surface area (Å²) in [7, 11) is 0. The summed E-state index contributed by atoms with van der Waals surface area (Å²) >= 11 is 0. The second-order valence-electron chi connectivity index (χ2n) is 2.39.